The maximum Gasteiger partial charge on any atom is 0.330 e. The van der Waals surface area contributed by atoms with Gasteiger partial charge in [-0.2, -0.15) is 0 Å². The van der Waals surface area contributed by atoms with Crippen LogP contribution < -0.4 is 5.32 Å². The fraction of sp³-hybridized carbons (Fsp3) is 0.333. The van der Waals surface area contributed by atoms with Gasteiger partial charge in [0.15, 0.2) is 6.04 Å². The van der Waals surface area contributed by atoms with Crippen LogP contribution >= 0.6 is 11.8 Å². The Labute approximate surface area is 159 Å². The van der Waals surface area contributed by atoms with E-state index >= 15 is 0 Å². The van der Waals surface area contributed by atoms with Crippen LogP contribution in [0.25, 0.3) is 0 Å². The van der Waals surface area contributed by atoms with Crippen LogP contribution in [0.5, 0.6) is 0 Å². The van der Waals surface area contributed by atoms with Crippen LogP contribution in [0.3, 0.4) is 0 Å². The number of rotatable bonds is 6. The minimum absolute atomic E-state index is 0.137. The van der Waals surface area contributed by atoms with Crippen molar-refractivity contribution >= 4 is 35.5 Å². The van der Waals surface area contributed by atoms with E-state index in [4.69, 9.17) is 4.74 Å². The van der Waals surface area contributed by atoms with E-state index < -0.39 is 35.3 Å². The Kier molecular flexibility index (Phi) is 5.50. The molecule has 3 atom stereocenters. The third-order valence-corrected chi connectivity index (χ3v) is 5.49. The van der Waals surface area contributed by atoms with Gasteiger partial charge in [0.05, 0.1) is 6.42 Å². The van der Waals surface area contributed by atoms with Crippen LogP contribution in [-0.4, -0.2) is 57.8 Å². The molecule has 27 heavy (non-hydrogen) atoms. The molecule has 2 aliphatic heterocycles. The van der Waals surface area contributed by atoms with Crippen LogP contribution in [-0.2, 0) is 30.3 Å². The number of nitrogens with one attached hydrogen (secondary N) is 1. The van der Waals surface area contributed by atoms with Gasteiger partial charge in [-0.3, -0.25) is 14.4 Å². The number of ether oxygens (including phenoxy) is 1. The van der Waals surface area contributed by atoms with E-state index in [-0.39, 0.29) is 18.9 Å². The number of amides is 2. The van der Waals surface area contributed by atoms with Crippen molar-refractivity contribution < 1.29 is 29.0 Å². The maximum atomic E-state index is 12.5. The van der Waals surface area contributed by atoms with Gasteiger partial charge in [0.1, 0.15) is 18.0 Å². The average molecular weight is 390 g/mol. The molecule has 2 N–H and O–H groups in total. The van der Waals surface area contributed by atoms with Gasteiger partial charge in [-0.25, -0.2) is 4.79 Å². The van der Waals surface area contributed by atoms with Gasteiger partial charge in [-0.05, 0) is 11.0 Å². The monoisotopic (exact) mass is 390 g/mol. The zero-order chi connectivity index (χ0) is 19.6. The summed E-state index contributed by atoms with van der Waals surface area (Å²) in [6.07, 6.45) is 0.137. The summed E-state index contributed by atoms with van der Waals surface area (Å²) in [5, 5.41) is 13.3. The number of carboxylic acid groups (broad SMARTS) is 1. The summed E-state index contributed by atoms with van der Waals surface area (Å²) in [6.45, 7) is 1.03. The van der Waals surface area contributed by atoms with Crippen LogP contribution in [0.4, 0.5) is 0 Å². The van der Waals surface area contributed by atoms with Gasteiger partial charge in [0, 0.05) is 12.5 Å². The summed E-state index contributed by atoms with van der Waals surface area (Å²) in [7, 11) is 0. The summed E-state index contributed by atoms with van der Waals surface area (Å²) < 4.78 is 4.87. The third kappa shape index (κ3) is 3.97. The molecule has 0 aliphatic carbocycles. The minimum Gasteiger partial charge on any atom is -0.479 e. The van der Waals surface area contributed by atoms with Crippen molar-refractivity contribution in [2.24, 2.45) is 0 Å². The fourth-order valence-electron chi connectivity index (χ4n) is 3.02. The minimum atomic E-state index is -1.21. The van der Waals surface area contributed by atoms with E-state index in [9.17, 15) is 24.3 Å². The smallest absolute Gasteiger partial charge is 0.330 e. The van der Waals surface area contributed by atoms with Gasteiger partial charge in [-0.1, -0.05) is 30.3 Å². The average Bonchev–Trinajstić information content (AvgIpc) is 2.64. The number of nitrogens with zero attached hydrogens (tertiary/aromatic N) is 1. The van der Waals surface area contributed by atoms with E-state index in [0.717, 1.165) is 5.56 Å². The Bertz CT molecular complexity index is 809. The first-order valence-corrected chi connectivity index (χ1v) is 9.19. The molecule has 9 heteroatoms. The van der Waals surface area contributed by atoms with Gasteiger partial charge < -0.3 is 20.1 Å². The predicted molar refractivity (Wildman–Crippen MR) is 96.4 cm³/mol. The number of aliphatic carboxylic acids is 1. The quantitative estimate of drug-likeness (QED) is 0.538. The summed E-state index contributed by atoms with van der Waals surface area (Å²) in [5.74, 6) is -2.51. The fourth-order valence-corrected chi connectivity index (χ4v) is 4.23. The molecular formula is C18H18N2O6S. The van der Waals surface area contributed by atoms with Crippen LogP contribution in [0.2, 0.25) is 0 Å². The van der Waals surface area contributed by atoms with Gasteiger partial charge in [0.25, 0.3) is 0 Å². The Morgan fingerprint density at radius 1 is 1.26 bits per heavy atom. The number of carboxylic acids is 1. The highest BCUT2D eigenvalue weighted by atomic mass is 32.2. The highest BCUT2D eigenvalue weighted by Gasteiger charge is 2.55. The molecule has 2 amide bonds. The van der Waals surface area contributed by atoms with Gasteiger partial charge in [-0.15, -0.1) is 11.8 Å². The molecule has 0 aromatic heterocycles. The van der Waals surface area contributed by atoms with Crippen LogP contribution in [0.1, 0.15) is 12.5 Å². The van der Waals surface area contributed by atoms with E-state index in [0.29, 0.717) is 5.57 Å². The van der Waals surface area contributed by atoms with Crippen molar-refractivity contribution in [3.63, 3.8) is 0 Å². The standard InChI is InChI=1S/C18H18N2O6S/c1-10(21)26-8-12-9-27-17-14(16(23)20(17)15(12)18(24)25)19-13(22)7-11-5-3-2-4-6-11/h2-6,9,14-15,17H,7-8H2,1H3,(H,19,22)(H,24,25)/t14-,15-,17-/m1/s1. The number of fused-ring (bicyclic) bond motifs is 1. The van der Waals surface area contributed by atoms with E-state index in [1.807, 2.05) is 30.3 Å². The lowest BCUT2D eigenvalue weighted by molar-refractivity contribution is -0.160. The first-order valence-electron chi connectivity index (χ1n) is 8.24. The number of carbonyl (C=O) groups excluding carboxylic acids is 3. The van der Waals surface area contributed by atoms with Crippen molar-refractivity contribution in [1.29, 1.82) is 0 Å². The molecule has 1 aromatic carbocycles. The molecule has 142 valence electrons. The van der Waals surface area contributed by atoms with Crippen molar-refractivity contribution in [3.8, 4) is 0 Å². The van der Waals surface area contributed by atoms with E-state index in [1.54, 1.807) is 5.41 Å². The second-order valence-corrected chi connectivity index (χ2v) is 7.18. The summed E-state index contributed by atoms with van der Waals surface area (Å²) in [5.41, 5.74) is 1.14. The predicted octanol–water partition coefficient (Wildman–Crippen LogP) is 0.529. The number of esters is 1. The first-order chi connectivity index (χ1) is 12.9. The normalized spacial score (nSPS) is 23.6. The topological polar surface area (TPSA) is 113 Å². The molecule has 0 saturated carbocycles. The molecule has 2 aliphatic rings. The lowest BCUT2D eigenvalue weighted by Gasteiger charge is -2.51. The van der Waals surface area contributed by atoms with E-state index in [1.165, 1.54) is 23.6 Å². The highest BCUT2D eigenvalue weighted by Crippen LogP contribution is 2.40. The molecule has 0 spiro atoms. The molecule has 1 fully saturated rings. The summed E-state index contributed by atoms with van der Waals surface area (Å²) in [6, 6.07) is 7.14. The molecule has 0 unspecified atom stereocenters. The number of carbonyl (C=O) groups is 4. The largest absolute Gasteiger partial charge is 0.479 e. The maximum absolute atomic E-state index is 12.5. The number of β-lactam (4-membered cyclic amide) rings is 1. The molecule has 0 bridgehead atoms. The lowest BCUT2D eigenvalue weighted by Crippen LogP contribution is -2.74. The molecular weight excluding hydrogens is 372 g/mol. The number of hydrogen-bond donors (Lipinski definition) is 2. The third-order valence-electron chi connectivity index (χ3n) is 4.27. The molecule has 1 aromatic rings. The first kappa shape index (κ1) is 19.0. The lowest BCUT2D eigenvalue weighted by atomic mass is 9.98. The molecule has 1 saturated heterocycles. The molecule has 2 heterocycles. The summed E-state index contributed by atoms with van der Waals surface area (Å²) in [4.78, 5) is 48.5. The Morgan fingerprint density at radius 2 is 1.96 bits per heavy atom. The SMILES string of the molecule is CC(=O)OCC1=CS[C@@H]2[C@H](NC(=O)Cc3ccccc3)C(=O)N2[C@H]1C(=O)O. The number of hydrogen-bond acceptors (Lipinski definition) is 6. The van der Waals surface area contributed by atoms with Crippen LogP contribution in [0.15, 0.2) is 41.3 Å². The Morgan fingerprint density at radius 3 is 2.59 bits per heavy atom. The van der Waals surface area contributed by atoms with Crippen molar-refractivity contribution in [3.05, 3.63) is 46.9 Å². The van der Waals surface area contributed by atoms with Crippen molar-refractivity contribution in [2.75, 3.05) is 6.61 Å². The summed E-state index contributed by atoms with van der Waals surface area (Å²) >= 11 is 1.23. The Hall–Kier alpha value is -2.81. The molecule has 8 nitrogen and oxygen atoms in total. The van der Waals surface area contributed by atoms with E-state index in [2.05, 4.69) is 5.32 Å². The molecule has 0 radical (unpaired) electrons. The van der Waals surface area contributed by atoms with Crippen molar-refractivity contribution in [1.82, 2.24) is 10.2 Å². The van der Waals surface area contributed by atoms with Crippen molar-refractivity contribution in [2.45, 2.75) is 30.8 Å². The van der Waals surface area contributed by atoms with Gasteiger partial charge >= 0.3 is 11.9 Å². The highest BCUT2D eigenvalue weighted by molar-refractivity contribution is 8.02. The number of thioether (sulfide) groups is 1. The zero-order valence-electron chi connectivity index (χ0n) is 14.5. The second-order valence-electron chi connectivity index (χ2n) is 6.19. The van der Waals surface area contributed by atoms with Gasteiger partial charge in [0.2, 0.25) is 11.8 Å². The second kappa shape index (κ2) is 7.83. The Balaban J connectivity index is 1.67. The number of benzene rings is 1. The molecule has 3 rings (SSSR count). The zero-order valence-corrected chi connectivity index (χ0v) is 15.3. The van der Waals surface area contributed by atoms with Crippen LogP contribution in [0, 0.1) is 0 Å².